The summed E-state index contributed by atoms with van der Waals surface area (Å²) in [5.74, 6) is -0.639. The van der Waals surface area contributed by atoms with Crippen LogP contribution in [-0.2, 0) is 10.3 Å². The lowest BCUT2D eigenvalue weighted by molar-refractivity contribution is 0.0224. The van der Waals surface area contributed by atoms with E-state index in [0.29, 0.717) is 22.3 Å². The van der Waals surface area contributed by atoms with E-state index >= 15 is 0 Å². The Hall–Kier alpha value is -4.08. The molecule has 1 unspecified atom stereocenters. The quantitative estimate of drug-likeness (QED) is 0.299. The van der Waals surface area contributed by atoms with Crippen molar-refractivity contribution in [2.45, 2.75) is 5.60 Å². The largest absolute Gasteiger partial charge is 0.508 e. The van der Waals surface area contributed by atoms with Crippen LogP contribution in [0.2, 0.25) is 5.28 Å². The van der Waals surface area contributed by atoms with Crippen LogP contribution in [0.15, 0.2) is 60.9 Å². The first-order valence-electron chi connectivity index (χ1n) is 9.91. The van der Waals surface area contributed by atoms with Gasteiger partial charge in [0.2, 0.25) is 11.2 Å². The van der Waals surface area contributed by atoms with Gasteiger partial charge in [0.25, 0.3) is 0 Å². The SMILES string of the molecule is O=C1OC2(c3ccc(O)cc3Oc3c2ccc(O)c3N(Cl)c2ncnc(Cl)n2)c2ccccc21. The summed E-state index contributed by atoms with van der Waals surface area (Å²) in [5.41, 5.74) is 0.435. The molecule has 0 radical (unpaired) electrons. The molecule has 0 bridgehead atoms. The van der Waals surface area contributed by atoms with Crippen molar-refractivity contribution in [3.8, 4) is 23.0 Å². The number of esters is 1. The van der Waals surface area contributed by atoms with Crippen molar-refractivity contribution in [1.82, 2.24) is 15.0 Å². The molecule has 1 spiro atoms. The summed E-state index contributed by atoms with van der Waals surface area (Å²) >= 11 is 12.4. The monoisotopic (exact) mass is 494 g/mol. The molecular weight excluding hydrogens is 483 g/mol. The van der Waals surface area contributed by atoms with Gasteiger partial charge in [0.15, 0.2) is 11.4 Å². The molecule has 3 heterocycles. The zero-order chi connectivity index (χ0) is 23.6. The van der Waals surface area contributed by atoms with E-state index in [0.717, 1.165) is 10.7 Å². The van der Waals surface area contributed by atoms with Crippen molar-refractivity contribution in [3.63, 3.8) is 0 Å². The molecule has 1 atom stereocenters. The van der Waals surface area contributed by atoms with Crippen LogP contribution in [0.5, 0.6) is 23.0 Å². The third kappa shape index (κ3) is 2.74. The van der Waals surface area contributed by atoms with E-state index in [9.17, 15) is 15.0 Å². The van der Waals surface area contributed by atoms with Gasteiger partial charge in [-0.3, -0.25) is 0 Å². The Balaban J connectivity index is 1.67. The van der Waals surface area contributed by atoms with E-state index in [1.807, 2.05) is 0 Å². The third-order valence-electron chi connectivity index (χ3n) is 5.72. The lowest BCUT2D eigenvalue weighted by Gasteiger charge is -2.37. The number of hydrogen-bond donors (Lipinski definition) is 2. The fourth-order valence-electron chi connectivity index (χ4n) is 4.35. The maximum Gasteiger partial charge on any atom is 0.340 e. The van der Waals surface area contributed by atoms with Crippen LogP contribution in [-0.4, -0.2) is 31.1 Å². The minimum atomic E-state index is -1.42. The Morgan fingerprint density at radius 2 is 1.76 bits per heavy atom. The van der Waals surface area contributed by atoms with E-state index in [2.05, 4.69) is 15.0 Å². The number of ether oxygens (including phenoxy) is 2. The maximum absolute atomic E-state index is 12.9. The first-order valence-corrected chi connectivity index (χ1v) is 10.6. The summed E-state index contributed by atoms with van der Waals surface area (Å²) in [6, 6.07) is 14.5. The van der Waals surface area contributed by atoms with Gasteiger partial charge in [-0.25, -0.2) is 14.2 Å². The van der Waals surface area contributed by atoms with E-state index in [1.165, 1.54) is 18.2 Å². The number of fused-ring (bicyclic) bond motifs is 6. The Morgan fingerprint density at radius 3 is 2.59 bits per heavy atom. The van der Waals surface area contributed by atoms with Gasteiger partial charge in [0, 0.05) is 29.0 Å². The minimum absolute atomic E-state index is 0.0183. The molecule has 1 aromatic heterocycles. The van der Waals surface area contributed by atoms with Gasteiger partial charge in [0.1, 0.15) is 29.3 Å². The molecule has 0 saturated heterocycles. The zero-order valence-electron chi connectivity index (χ0n) is 16.9. The van der Waals surface area contributed by atoms with E-state index in [1.54, 1.807) is 36.4 Å². The molecule has 2 aliphatic rings. The highest BCUT2D eigenvalue weighted by atomic mass is 35.5. The second-order valence-electron chi connectivity index (χ2n) is 7.54. The number of phenolic OH excluding ortho intramolecular Hbond substituents is 2. The van der Waals surface area contributed by atoms with E-state index in [-0.39, 0.29) is 39.9 Å². The van der Waals surface area contributed by atoms with Crippen molar-refractivity contribution >= 4 is 41.0 Å². The molecule has 3 aromatic carbocycles. The Kier molecular flexibility index (Phi) is 4.35. The number of aromatic nitrogens is 3. The second kappa shape index (κ2) is 7.21. The van der Waals surface area contributed by atoms with Crippen molar-refractivity contribution in [3.05, 3.63) is 88.5 Å². The molecule has 34 heavy (non-hydrogen) atoms. The lowest BCUT2D eigenvalue weighted by Crippen LogP contribution is -2.33. The Bertz CT molecular complexity index is 1510. The Morgan fingerprint density at radius 1 is 0.971 bits per heavy atom. The van der Waals surface area contributed by atoms with Crippen molar-refractivity contribution in [2.75, 3.05) is 4.42 Å². The molecule has 0 fully saturated rings. The number of benzene rings is 3. The number of hydrogen-bond acceptors (Lipinski definition) is 9. The lowest BCUT2D eigenvalue weighted by atomic mass is 9.77. The van der Waals surface area contributed by atoms with Crippen LogP contribution in [0.25, 0.3) is 0 Å². The highest BCUT2D eigenvalue weighted by Gasteiger charge is 2.54. The summed E-state index contributed by atoms with van der Waals surface area (Å²) < 4.78 is 13.1. The summed E-state index contributed by atoms with van der Waals surface area (Å²) in [5, 5.41) is 20.8. The molecule has 0 aliphatic carbocycles. The van der Waals surface area contributed by atoms with Crippen LogP contribution in [0, 0.1) is 0 Å². The highest BCUT2D eigenvalue weighted by Crippen LogP contribution is 2.60. The fourth-order valence-corrected chi connectivity index (χ4v) is 4.72. The molecular formula is C23H12Cl2N4O5. The van der Waals surface area contributed by atoms with Gasteiger partial charge in [-0.05, 0) is 41.9 Å². The van der Waals surface area contributed by atoms with Crippen LogP contribution < -0.4 is 9.16 Å². The topological polar surface area (TPSA) is 118 Å². The molecule has 4 aromatic rings. The predicted molar refractivity (Wildman–Crippen MR) is 121 cm³/mol. The standard InChI is InChI=1S/C23H12Cl2N4O5/c24-21-26-10-27-22(28-21)29(25)18-16(31)8-7-15-19(18)33-17-9-11(30)5-6-14(17)23(15)13-4-2-1-3-12(13)20(32)34-23/h1-10,30-31H. The van der Waals surface area contributed by atoms with Crippen molar-refractivity contribution < 1.29 is 24.5 Å². The van der Waals surface area contributed by atoms with Gasteiger partial charge >= 0.3 is 5.97 Å². The van der Waals surface area contributed by atoms with E-state index in [4.69, 9.17) is 32.9 Å². The summed E-state index contributed by atoms with van der Waals surface area (Å²) in [6.07, 6.45) is 1.16. The Labute approximate surface area is 201 Å². The van der Waals surface area contributed by atoms with Gasteiger partial charge in [0.05, 0.1) is 11.1 Å². The normalized spacial score (nSPS) is 17.4. The van der Waals surface area contributed by atoms with Crippen molar-refractivity contribution in [1.29, 1.82) is 0 Å². The third-order valence-corrected chi connectivity index (χ3v) is 6.22. The van der Waals surface area contributed by atoms with Gasteiger partial charge < -0.3 is 19.7 Å². The smallest absolute Gasteiger partial charge is 0.340 e. The zero-order valence-corrected chi connectivity index (χ0v) is 18.4. The molecule has 2 aliphatic heterocycles. The first-order chi connectivity index (χ1) is 16.4. The van der Waals surface area contributed by atoms with Crippen LogP contribution in [0.3, 0.4) is 0 Å². The summed E-state index contributed by atoms with van der Waals surface area (Å²) in [4.78, 5) is 24.6. The maximum atomic E-state index is 12.9. The van der Waals surface area contributed by atoms with Crippen LogP contribution >= 0.6 is 23.4 Å². The number of carbonyl (C=O) groups excluding carboxylic acids is 1. The number of halogens is 2. The van der Waals surface area contributed by atoms with E-state index < -0.39 is 11.6 Å². The minimum Gasteiger partial charge on any atom is -0.508 e. The average Bonchev–Trinajstić information content (AvgIpc) is 3.11. The molecule has 11 heteroatoms. The molecule has 0 amide bonds. The number of carbonyl (C=O) groups is 1. The second-order valence-corrected chi connectivity index (χ2v) is 8.22. The van der Waals surface area contributed by atoms with Gasteiger partial charge in [-0.15, -0.1) is 0 Å². The first kappa shape index (κ1) is 20.5. The number of anilines is 2. The molecule has 9 nitrogen and oxygen atoms in total. The van der Waals surface area contributed by atoms with Crippen molar-refractivity contribution in [2.24, 2.45) is 0 Å². The average molecular weight is 495 g/mol. The fraction of sp³-hybridized carbons (Fsp3) is 0.0435. The number of rotatable bonds is 2. The number of aromatic hydroxyl groups is 2. The summed E-state index contributed by atoms with van der Waals surface area (Å²) in [6.45, 7) is 0. The van der Waals surface area contributed by atoms with Crippen LogP contribution in [0.1, 0.15) is 27.0 Å². The molecule has 2 N–H and O–H groups in total. The molecule has 6 rings (SSSR count). The van der Waals surface area contributed by atoms with Gasteiger partial charge in [-0.1, -0.05) is 18.2 Å². The molecule has 168 valence electrons. The highest BCUT2D eigenvalue weighted by molar-refractivity contribution is 6.30. The number of phenols is 2. The van der Waals surface area contributed by atoms with Gasteiger partial charge in [-0.2, -0.15) is 9.97 Å². The number of nitrogens with zero attached hydrogens (tertiary/aromatic N) is 4. The summed E-state index contributed by atoms with van der Waals surface area (Å²) in [7, 11) is 0. The molecule has 0 saturated carbocycles. The van der Waals surface area contributed by atoms with Crippen LogP contribution in [0.4, 0.5) is 11.6 Å². The predicted octanol–water partition coefficient (Wildman–Crippen LogP) is 4.80.